The number of aliphatic hydroxyl groups is 1. The molecule has 0 bridgehead atoms. The van der Waals surface area contributed by atoms with Gasteiger partial charge in [0.2, 0.25) is 0 Å². The second kappa shape index (κ2) is 6.72. The SMILES string of the molecule is CC(C)CCC1=NN(C(=O)c2ccccc2Cl)C(O)(C(F)(F)F)C1. The van der Waals surface area contributed by atoms with E-state index in [0.29, 0.717) is 6.42 Å². The van der Waals surface area contributed by atoms with E-state index < -0.39 is 24.2 Å². The topological polar surface area (TPSA) is 52.9 Å². The summed E-state index contributed by atoms with van der Waals surface area (Å²) in [5.41, 5.74) is -3.35. The number of hydrazone groups is 1. The Kier molecular flexibility index (Phi) is 5.25. The number of nitrogens with zero attached hydrogens (tertiary/aromatic N) is 2. The van der Waals surface area contributed by atoms with Crippen molar-refractivity contribution >= 4 is 23.2 Å². The van der Waals surface area contributed by atoms with E-state index in [1.807, 2.05) is 13.8 Å². The minimum absolute atomic E-state index is 0.00199. The Hall–Kier alpha value is -1.60. The Morgan fingerprint density at radius 2 is 2.04 bits per heavy atom. The Morgan fingerprint density at radius 3 is 2.58 bits per heavy atom. The number of alkyl halides is 3. The van der Waals surface area contributed by atoms with Crippen LogP contribution in [0.15, 0.2) is 29.4 Å². The summed E-state index contributed by atoms with van der Waals surface area (Å²) in [5.74, 6) is -0.819. The number of carbonyl (C=O) groups is 1. The summed E-state index contributed by atoms with van der Waals surface area (Å²) in [7, 11) is 0. The average Bonchev–Trinajstić information content (AvgIpc) is 2.83. The van der Waals surface area contributed by atoms with E-state index in [2.05, 4.69) is 5.10 Å². The van der Waals surface area contributed by atoms with Gasteiger partial charge in [-0.25, -0.2) is 0 Å². The predicted octanol–water partition coefficient (Wildman–Crippen LogP) is 4.23. The maximum absolute atomic E-state index is 13.4. The molecule has 0 aromatic heterocycles. The Morgan fingerprint density at radius 1 is 1.42 bits per heavy atom. The van der Waals surface area contributed by atoms with E-state index in [1.165, 1.54) is 18.2 Å². The van der Waals surface area contributed by atoms with Crippen LogP contribution in [0.5, 0.6) is 0 Å². The van der Waals surface area contributed by atoms with Crippen LogP contribution in [0.25, 0.3) is 0 Å². The summed E-state index contributed by atoms with van der Waals surface area (Å²) >= 11 is 5.89. The Labute approximate surface area is 142 Å². The summed E-state index contributed by atoms with van der Waals surface area (Å²) in [6.07, 6.45) is -4.89. The van der Waals surface area contributed by atoms with Gasteiger partial charge in [0.05, 0.1) is 10.6 Å². The third-order valence-corrected chi connectivity index (χ3v) is 4.13. The van der Waals surface area contributed by atoms with Gasteiger partial charge in [-0.05, 0) is 30.9 Å². The van der Waals surface area contributed by atoms with E-state index in [0.717, 1.165) is 0 Å². The smallest absolute Gasteiger partial charge is 0.362 e. The van der Waals surface area contributed by atoms with Gasteiger partial charge in [-0.3, -0.25) is 4.79 Å². The predicted molar refractivity (Wildman–Crippen MR) is 84.8 cm³/mol. The van der Waals surface area contributed by atoms with Crippen molar-refractivity contribution in [3.05, 3.63) is 34.9 Å². The van der Waals surface area contributed by atoms with E-state index >= 15 is 0 Å². The van der Waals surface area contributed by atoms with Crippen molar-refractivity contribution in [3.63, 3.8) is 0 Å². The molecule has 1 amide bonds. The van der Waals surface area contributed by atoms with Gasteiger partial charge in [-0.2, -0.15) is 23.3 Å². The number of benzene rings is 1. The molecular formula is C16H18ClF3N2O2. The molecule has 24 heavy (non-hydrogen) atoms. The summed E-state index contributed by atoms with van der Waals surface area (Å²) in [4.78, 5) is 12.5. The van der Waals surface area contributed by atoms with Gasteiger partial charge in [-0.15, -0.1) is 0 Å². The Balaban J connectivity index is 2.38. The monoisotopic (exact) mass is 362 g/mol. The van der Waals surface area contributed by atoms with Crippen LogP contribution in [0.4, 0.5) is 13.2 Å². The second-order valence-electron chi connectivity index (χ2n) is 6.19. The fourth-order valence-electron chi connectivity index (χ4n) is 2.40. The second-order valence-corrected chi connectivity index (χ2v) is 6.59. The van der Waals surface area contributed by atoms with Gasteiger partial charge in [0, 0.05) is 12.1 Å². The molecule has 0 aliphatic carbocycles. The number of halogens is 4. The first-order valence-electron chi connectivity index (χ1n) is 7.51. The van der Waals surface area contributed by atoms with E-state index in [4.69, 9.17) is 11.6 Å². The van der Waals surface area contributed by atoms with Crippen molar-refractivity contribution in [2.24, 2.45) is 11.0 Å². The van der Waals surface area contributed by atoms with Gasteiger partial charge >= 0.3 is 6.18 Å². The molecule has 1 aliphatic heterocycles. The molecule has 1 aromatic carbocycles. The van der Waals surface area contributed by atoms with Gasteiger partial charge in [0.15, 0.2) is 0 Å². The molecule has 8 heteroatoms. The number of carbonyl (C=O) groups excluding carboxylic acids is 1. The lowest BCUT2D eigenvalue weighted by molar-refractivity contribution is -0.297. The minimum atomic E-state index is -5.03. The van der Waals surface area contributed by atoms with E-state index in [-0.39, 0.29) is 33.6 Å². The fraction of sp³-hybridized carbons (Fsp3) is 0.500. The number of hydrogen-bond acceptors (Lipinski definition) is 3. The molecule has 1 atom stereocenters. The van der Waals surface area contributed by atoms with Crippen LogP contribution in [-0.2, 0) is 0 Å². The molecule has 132 valence electrons. The van der Waals surface area contributed by atoms with Crippen LogP contribution >= 0.6 is 11.6 Å². The van der Waals surface area contributed by atoms with Crippen LogP contribution in [0.3, 0.4) is 0 Å². The van der Waals surface area contributed by atoms with Gasteiger partial charge < -0.3 is 5.11 Å². The summed E-state index contributed by atoms with van der Waals surface area (Å²) < 4.78 is 40.2. The molecule has 1 N–H and O–H groups in total. The molecular weight excluding hydrogens is 345 g/mol. The quantitative estimate of drug-likeness (QED) is 0.871. The first-order chi connectivity index (χ1) is 11.1. The maximum Gasteiger partial charge on any atom is 0.438 e. The van der Waals surface area contributed by atoms with Crippen molar-refractivity contribution in [2.45, 2.75) is 45.0 Å². The lowest BCUT2D eigenvalue weighted by Crippen LogP contribution is -2.56. The summed E-state index contributed by atoms with van der Waals surface area (Å²) in [5, 5.41) is 14.1. The van der Waals surface area contributed by atoms with E-state index in [1.54, 1.807) is 6.07 Å². The minimum Gasteiger partial charge on any atom is -0.362 e. The fourth-order valence-corrected chi connectivity index (χ4v) is 2.61. The van der Waals surface area contributed by atoms with Gasteiger partial charge in [0.1, 0.15) is 0 Å². The molecule has 1 aromatic rings. The number of hydrogen-bond donors (Lipinski definition) is 1. The van der Waals surface area contributed by atoms with Crippen molar-refractivity contribution in [2.75, 3.05) is 0 Å². The van der Waals surface area contributed by atoms with Gasteiger partial charge in [-0.1, -0.05) is 37.6 Å². The van der Waals surface area contributed by atoms with Crippen LogP contribution in [0.1, 0.15) is 43.5 Å². The molecule has 0 saturated heterocycles. The molecule has 0 saturated carbocycles. The molecule has 1 aliphatic rings. The first-order valence-corrected chi connectivity index (χ1v) is 7.88. The molecule has 0 radical (unpaired) electrons. The highest BCUT2D eigenvalue weighted by molar-refractivity contribution is 6.33. The zero-order valence-corrected chi connectivity index (χ0v) is 14.0. The highest BCUT2D eigenvalue weighted by Gasteiger charge is 2.63. The zero-order valence-electron chi connectivity index (χ0n) is 13.3. The van der Waals surface area contributed by atoms with Crippen molar-refractivity contribution in [1.82, 2.24) is 5.01 Å². The molecule has 1 unspecified atom stereocenters. The molecule has 2 rings (SSSR count). The largest absolute Gasteiger partial charge is 0.438 e. The van der Waals surface area contributed by atoms with Crippen molar-refractivity contribution in [1.29, 1.82) is 0 Å². The highest BCUT2D eigenvalue weighted by atomic mass is 35.5. The third kappa shape index (κ3) is 3.57. The highest BCUT2D eigenvalue weighted by Crippen LogP contribution is 2.42. The third-order valence-electron chi connectivity index (χ3n) is 3.80. The lowest BCUT2D eigenvalue weighted by atomic mass is 9.99. The summed E-state index contributed by atoms with van der Waals surface area (Å²) in [6, 6.07) is 5.71. The zero-order chi connectivity index (χ0) is 18.1. The van der Waals surface area contributed by atoms with E-state index in [9.17, 15) is 23.1 Å². The maximum atomic E-state index is 13.4. The number of amides is 1. The van der Waals surface area contributed by atoms with Crippen LogP contribution in [-0.4, -0.2) is 33.6 Å². The lowest BCUT2D eigenvalue weighted by Gasteiger charge is -2.32. The molecule has 1 heterocycles. The van der Waals surface area contributed by atoms with Crippen LogP contribution in [0, 0.1) is 5.92 Å². The first kappa shape index (κ1) is 18.7. The van der Waals surface area contributed by atoms with Crippen LogP contribution < -0.4 is 0 Å². The van der Waals surface area contributed by atoms with Crippen LogP contribution in [0.2, 0.25) is 5.02 Å². The molecule has 0 fully saturated rings. The van der Waals surface area contributed by atoms with Crippen molar-refractivity contribution in [3.8, 4) is 0 Å². The standard InChI is InChI=1S/C16H18ClF3N2O2/c1-10(2)7-8-11-9-15(24,16(18,19)20)22(21-11)14(23)12-5-3-4-6-13(12)17/h3-6,10,24H,7-9H2,1-2H3. The molecule has 0 spiro atoms. The summed E-state index contributed by atoms with van der Waals surface area (Å²) in [6.45, 7) is 3.86. The van der Waals surface area contributed by atoms with Crippen molar-refractivity contribution < 1.29 is 23.1 Å². The average molecular weight is 363 g/mol. The van der Waals surface area contributed by atoms with Gasteiger partial charge in [0.25, 0.3) is 11.6 Å². The Bertz CT molecular complexity index is 661. The number of rotatable bonds is 4. The molecule has 4 nitrogen and oxygen atoms in total. The normalized spacial score (nSPS) is 21.3.